The number of nitrogens with zero attached hydrogens (tertiary/aromatic N) is 2. The lowest BCUT2D eigenvalue weighted by Gasteiger charge is -2.29. The van der Waals surface area contributed by atoms with E-state index in [0.29, 0.717) is 5.56 Å². The molecular weight excluding hydrogens is 285 g/mol. The van der Waals surface area contributed by atoms with Gasteiger partial charge in [0.05, 0.1) is 0 Å². The SMILES string of the molecule is CCCC[C@H]1N(C)C(=O)[C@H](c2ccc(F)cc2)N1C(=O)NC. The number of carbonyl (C=O) groups excluding carboxylic acids is 2. The average Bonchev–Trinajstić information content (AvgIpc) is 2.77. The fourth-order valence-electron chi connectivity index (χ4n) is 2.87. The molecule has 1 fully saturated rings. The summed E-state index contributed by atoms with van der Waals surface area (Å²) in [4.78, 5) is 28.1. The lowest BCUT2D eigenvalue weighted by atomic mass is 10.1. The highest BCUT2D eigenvalue weighted by molar-refractivity contribution is 5.91. The van der Waals surface area contributed by atoms with Crippen LogP contribution < -0.4 is 5.32 Å². The first-order chi connectivity index (χ1) is 10.5. The minimum absolute atomic E-state index is 0.142. The van der Waals surface area contributed by atoms with Crippen molar-refractivity contribution in [2.75, 3.05) is 14.1 Å². The van der Waals surface area contributed by atoms with Crippen LogP contribution in [0.25, 0.3) is 0 Å². The zero-order valence-corrected chi connectivity index (χ0v) is 13.2. The molecular formula is C16H22FN3O2. The van der Waals surface area contributed by atoms with Crippen molar-refractivity contribution in [3.63, 3.8) is 0 Å². The van der Waals surface area contributed by atoms with Crippen molar-refractivity contribution in [2.24, 2.45) is 0 Å². The average molecular weight is 307 g/mol. The summed E-state index contributed by atoms with van der Waals surface area (Å²) >= 11 is 0. The summed E-state index contributed by atoms with van der Waals surface area (Å²) in [6.45, 7) is 2.07. The number of urea groups is 1. The predicted octanol–water partition coefficient (Wildman–Crippen LogP) is 2.50. The van der Waals surface area contributed by atoms with Crippen LogP contribution in [0.3, 0.4) is 0 Å². The van der Waals surface area contributed by atoms with E-state index < -0.39 is 6.04 Å². The van der Waals surface area contributed by atoms with Gasteiger partial charge in [-0.3, -0.25) is 9.69 Å². The lowest BCUT2D eigenvalue weighted by molar-refractivity contribution is -0.129. The van der Waals surface area contributed by atoms with E-state index in [2.05, 4.69) is 12.2 Å². The summed E-state index contributed by atoms with van der Waals surface area (Å²) in [5, 5.41) is 2.60. The van der Waals surface area contributed by atoms with Gasteiger partial charge in [0.15, 0.2) is 0 Å². The van der Waals surface area contributed by atoms with E-state index in [9.17, 15) is 14.0 Å². The number of hydrogen-bond acceptors (Lipinski definition) is 2. The number of unbranched alkanes of at least 4 members (excludes halogenated alkanes) is 1. The quantitative estimate of drug-likeness (QED) is 0.929. The van der Waals surface area contributed by atoms with Gasteiger partial charge < -0.3 is 10.2 Å². The maximum Gasteiger partial charge on any atom is 0.319 e. The highest BCUT2D eigenvalue weighted by atomic mass is 19.1. The summed E-state index contributed by atoms with van der Waals surface area (Å²) < 4.78 is 13.1. The van der Waals surface area contributed by atoms with Gasteiger partial charge in [-0.05, 0) is 30.5 Å². The molecule has 2 atom stereocenters. The van der Waals surface area contributed by atoms with Crippen molar-refractivity contribution in [2.45, 2.75) is 38.4 Å². The van der Waals surface area contributed by atoms with Gasteiger partial charge in [-0.15, -0.1) is 0 Å². The predicted molar refractivity (Wildman–Crippen MR) is 81.5 cm³/mol. The first-order valence-electron chi connectivity index (χ1n) is 7.53. The van der Waals surface area contributed by atoms with E-state index in [1.165, 1.54) is 12.1 Å². The first kappa shape index (κ1) is 16.3. The van der Waals surface area contributed by atoms with E-state index in [4.69, 9.17) is 0 Å². The lowest BCUT2D eigenvalue weighted by Crippen LogP contribution is -2.45. The Kier molecular flexibility index (Phi) is 5.00. The third-order valence-electron chi connectivity index (χ3n) is 4.08. The molecule has 2 rings (SSSR count). The van der Waals surface area contributed by atoms with Crippen LogP contribution in [-0.2, 0) is 4.79 Å². The van der Waals surface area contributed by atoms with Crippen molar-refractivity contribution < 1.29 is 14.0 Å². The molecule has 1 aliphatic rings. The Hall–Kier alpha value is -2.11. The molecule has 22 heavy (non-hydrogen) atoms. The molecule has 1 saturated heterocycles. The third kappa shape index (κ3) is 2.91. The molecule has 3 amide bonds. The molecule has 1 heterocycles. The van der Waals surface area contributed by atoms with E-state index >= 15 is 0 Å². The molecule has 0 unspecified atom stereocenters. The molecule has 1 aromatic rings. The van der Waals surface area contributed by atoms with Crippen LogP contribution in [-0.4, -0.2) is 42.0 Å². The van der Waals surface area contributed by atoms with Gasteiger partial charge in [-0.1, -0.05) is 25.5 Å². The van der Waals surface area contributed by atoms with Gasteiger partial charge in [-0.2, -0.15) is 0 Å². The molecule has 6 heteroatoms. The van der Waals surface area contributed by atoms with Crippen molar-refractivity contribution in [3.8, 4) is 0 Å². The van der Waals surface area contributed by atoms with E-state index in [0.717, 1.165) is 19.3 Å². The van der Waals surface area contributed by atoms with Gasteiger partial charge in [0.2, 0.25) is 0 Å². The second-order valence-electron chi connectivity index (χ2n) is 5.49. The largest absolute Gasteiger partial charge is 0.341 e. The smallest absolute Gasteiger partial charge is 0.319 e. The highest BCUT2D eigenvalue weighted by Crippen LogP contribution is 2.34. The Labute approximate surface area is 130 Å². The fourth-order valence-corrected chi connectivity index (χ4v) is 2.87. The molecule has 1 N–H and O–H groups in total. The van der Waals surface area contributed by atoms with E-state index in [1.807, 2.05) is 0 Å². The van der Waals surface area contributed by atoms with Gasteiger partial charge in [0, 0.05) is 14.1 Å². The topological polar surface area (TPSA) is 52.7 Å². The zero-order valence-electron chi connectivity index (χ0n) is 13.2. The summed E-state index contributed by atoms with van der Waals surface area (Å²) in [5.41, 5.74) is 0.626. The minimum Gasteiger partial charge on any atom is -0.341 e. The summed E-state index contributed by atoms with van der Waals surface area (Å²) in [6.07, 6.45) is 2.36. The van der Waals surface area contributed by atoms with Crippen LogP contribution in [0.4, 0.5) is 9.18 Å². The van der Waals surface area contributed by atoms with Gasteiger partial charge in [0.1, 0.15) is 18.0 Å². The standard InChI is InChI=1S/C16H22FN3O2/c1-4-5-6-13-19(3)15(21)14(20(13)16(22)18-2)11-7-9-12(17)10-8-11/h7-10,13-14H,4-6H2,1-3H3,(H,18,22)/t13-,14-/m0/s1. The second kappa shape index (κ2) is 6.77. The number of benzene rings is 1. The molecule has 1 aliphatic heterocycles. The number of carbonyl (C=O) groups is 2. The number of rotatable bonds is 4. The van der Waals surface area contributed by atoms with E-state index in [-0.39, 0.29) is 23.9 Å². The summed E-state index contributed by atoms with van der Waals surface area (Å²) in [7, 11) is 3.26. The second-order valence-corrected chi connectivity index (χ2v) is 5.49. The number of halogens is 1. The van der Waals surface area contributed by atoms with Crippen LogP contribution >= 0.6 is 0 Å². The number of nitrogens with one attached hydrogen (secondary N) is 1. The fraction of sp³-hybridized carbons (Fsp3) is 0.500. The van der Waals surface area contributed by atoms with Gasteiger partial charge >= 0.3 is 6.03 Å². The molecule has 120 valence electrons. The number of amides is 3. The van der Waals surface area contributed by atoms with Crippen LogP contribution in [0.1, 0.15) is 37.8 Å². The molecule has 0 bridgehead atoms. The van der Waals surface area contributed by atoms with Gasteiger partial charge in [-0.25, -0.2) is 9.18 Å². The van der Waals surface area contributed by atoms with Crippen LogP contribution in [0.2, 0.25) is 0 Å². The molecule has 0 aromatic heterocycles. The Balaban J connectivity index is 2.38. The van der Waals surface area contributed by atoms with Crippen molar-refractivity contribution in [3.05, 3.63) is 35.6 Å². The Morgan fingerprint density at radius 3 is 2.50 bits per heavy atom. The summed E-state index contributed by atoms with van der Waals surface area (Å²) in [5.74, 6) is -0.507. The monoisotopic (exact) mass is 307 g/mol. The van der Waals surface area contributed by atoms with Crippen molar-refractivity contribution >= 4 is 11.9 Å². The minimum atomic E-state index is -0.701. The summed E-state index contributed by atoms with van der Waals surface area (Å²) in [6, 6.07) is 4.74. The Morgan fingerprint density at radius 1 is 1.32 bits per heavy atom. The normalized spacial score (nSPS) is 21.4. The van der Waals surface area contributed by atoms with Crippen molar-refractivity contribution in [1.29, 1.82) is 0 Å². The maximum absolute atomic E-state index is 13.1. The molecule has 0 radical (unpaired) electrons. The third-order valence-corrected chi connectivity index (χ3v) is 4.08. The first-order valence-corrected chi connectivity index (χ1v) is 7.53. The van der Waals surface area contributed by atoms with Crippen molar-refractivity contribution in [1.82, 2.24) is 15.1 Å². The zero-order chi connectivity index (χ0) is 16.3. The Bertz CT molecular complexity index is 547. The molecule has 0 spiro atoms. The molecule has 1 aromatic carbocycles. The molecule has 5 nitrogen and oxygen atoms in total. The van der Waals surface area contributed by atoms with E-state index in [1.54, 1.807) is 36.0 Å². The number of likely N-dealkylation sites (N-methyl/N-ethyl adjacent to an activating group) is 1. The molecule has 0 aliphatic carbocycles. The molecule has 0 saturated carbocycles. The van der Waals surface area contributed by atoms with Gasteiger partial charge in [0.25, 0.3) is 5.91 Å². The van der Waals surface area contributed by atoms with Crippen LogP contribution in [0, 0.1) is 5.82 Å². The van der Waals surface area contributed by atoms with Crippen LogP contribution in [0.15, 0.2) is 24.3 Å². The Morgan fingerprint density at radius 2 is 1.95 bits per heavy atom. The maximum atomic E-state index is 13.1. The number of hydrogen-bond donors (Lipinski definition) is 1. The highest BCUT2D eigenvalue weighted by Gasteiger charge is 2.46. The van der Waals surface area contributed by atoms with Crippen LogP contribution in [0.5, 0.6) is 0 Å².